The minimum atomic E-state index is -0.273. The Bertz CT molecular complexity index is 757. The summed E-state index contributed by atoms with van der Waals surface area (Å²) in [5, 5.41) is 6.10. The lowest BCUT2D eigenvalue weighted by Gasteiger charge is -2.21. The summed E-state index contributed by atoms with van der Waals surface area (Å²) in [6.45, 7) is 1.80. The third kappa shape index (κ3) is 2.89. The second kappa shape index (κ2) is 5.69. The van der Waals surface area contributed by atoms with Gasteiger partial charge in [-0.15, -0.1) is 0 Å². The molecule has 22 heavy (non-hydrogen) atoms. The van der Waals surface area contributed by atoms with Crippen LogP contribution in [0, 0.1) is 6.92 Å². The molecule has 0 atom stereocenters. The van der Waals surface area contributed by atoms with Gasteiger partial charge in [-0.25, -0.2) is 0 Å². The first-order valence-electron chi connectivity index (χ1n) is 6.67. The molecule has 0 radical (unpaired) electrons. The second-order valence-electron chi connectivity index (χ2n) is 4.99. The number of hydrogen-bond acceptors (Lipinski definition) is 3. The Balaban J connectivity index is 1.90. The molecule has 2 amide bonds. The maximum atomic E-state index is 12.3. The van der Waals surface area contributed by atoms with Crippen molar-refractivity contribution in [2.45, 2.75) is 6.92 Å². The molecule has 1 aliphatic rings. The fourth-order valence-corrected chi connectivity index (χ4v) is 2.36. The first kappa shape index (κ1) is 14.4. The minimum Gasteiger partial charge on any atom is -0.479 e. The van der Waals surface area contributed by atoms with Crippen molar-refractivity contribution in [1.29, 1.82) is 0 Å². The quantitative estimate of drug-likeness (QED) is 0.894. The zero-order chi connectivity index (χ0) is 15.7. The first-order valence-corrected chi connectivity index (χ1v) is 7.05. The van der Waals surface area contributed by atoms with Crippen molar-refractivity contribution in [2.24, 2.45) is 0 Å². The van der Waals surface area contributed by atoms with Crippen molar-refractivity contribution in [3.05, 3.63) is 52.5 Å². The molecule has 2 N–H and O–H groups in total. The van der Waals surface area contributed by atoms with Gasteiger partial charge in [0.2, 0.25) is 0 Å². The Morgan fingerprint density at radius 1 is 1.27 bits per heavy atom. The number of benzene rings is 2. The number of nitrogens with one attached hydrogen (secondary N) is 2. The van der Waals surface area contributed by atoms with Gasteiger partial charge in [0.1, 0.15) is 0 Å². The summed E-state index contributed by atoms with van der Waals surface area (Å²) >= 11 is 5.81. The zero-order valence-corrected chi connectivity index (χ0v) is 12.5. The monoisotopic (exact) mass is 316 g/mol. The molecule has 0 unspecified atom stereocenters. The van der Waals surface area contributed by atoms with Crippen molar-refractivity contribution in [3.8, 4) is 5.75 Å². The van der Waals surface area contributed by atoms with E-state index in [-0.39, 0.29) is 18.4 Å². The normalized spacial score (nSPS) is 12.9. The van der Waals surface area contributed by atoms with E-state index in [0.29, 0.717) is 27.7 Å². The first-order chi connectivity index (χ1) is 10.5. The highest BCUT2D eigenvalue weighted by molar-refractivity contribution is 6.30. The summed E-state index contributed by atoms with van der Waals surface area (Å²) in [5.74, 6) is -0.0226. The number of hydrogen-bond donors (Lipinski definition) is 2. The number of rotatable bonds is 2. The third-order valence-corrected chi connectivity index (χ3v) is 3.46. The molecule has 3 rings (SSSR count). The lowest BCUT2D eigenvalue weighted by Crippen LogP contribution is -2.26. The molecule has 0 aliphatic carbocycles. The van der Waals surface area contributed by atoms with Gasteiger partial charge >= 0.3 is 0 Å². The summed E-state index contributed by atoms with van der Waals surface area (Å²) in [7, 11) is 0. The fraction of sp³-hybridized carbons (Fsp3) is 0.125. The SMILES string of the molecule is Cc1cc2c(c(NC(=O)c3ccc(Cl)cc3)c1)OCC(=O)N2. The third-order valence-electron chi connectivity index (χ3n) is 3.21. The van der Waals surface area contributed by atoms with E-state index in [1.54, 1.807) is 36.4 Å². The van der Waals surface area contributed by atoms with Gasteiger partial charge in [0, 0.05) is 10.6 Å². The summed E-state index contributed by atoms with van der Waals surface area (Å²) in [6, 6.07) is 10.2. The number of ether oxygens (including phenoxy) is 1. The van der Waals surface area contributed by atoms with Crippen LogP contribution >= 0.6 is 11.6 Å². The highest BCUT2D eigenvalue weighted by Crippen LogP contribution is 2.37. The van der Waals surface area contributed by atoms with Crippen molar-refractivity contribution < 1.29 is 14.3 Å². The van der Waals surface area contributed by atoms with Crippen molar-refractivity contribution >= 4 is 34.8 Å². The second-order valence-corrected chi connectivity index (χ2v) is 5.42. The van der Waals surface area contributed by atoms with Crippen LogP contribution in [0.2, 0.25) is 5.02 Å². The van der Waals surface area contributed by atoms with Gasteiger partial charge in [0.05, 0.1) is 11.4 Å². The molecule has 5 nitrogen and oxygen atoms in total. The molecule has 112 valence electrons. The largest absolute Gasteiger partial charge is 0.479 e. The van der Waals surface area contributed by atoms with Crippen LogP contribution in [0.1, 0.15) is 15.9 Å². The number of carbonyl (C=O) groups excluding carboxylic acids is 2. The van der Waals surface area contributed by atoms with Crippen LogP contribution in [0.5, 0.6) is 5.75 Å². The number of halogens is 1. The van der Waals surface area contributed by atoms with Gasteiger partial charge < -0.3 is 15.4 Å². The minimum absolute atomic E-state index is 0.0696. The van der Waals surface area contributed by atoms with E-state index in [9.17, 15) is 9.59 Å². The molecule has 0 spiro atoms. The van der Waals surface area contributed by atoms with Crippen LogP contribution in [0.3, 0.4) is 0 Å². The highest BCUT2D eigenvalue weighted by atomic mass is 35.5. The van der Waals surface area contributed by atoms with Crippen LogP contribution in [0.4, 0.5) is 11.4 Å². The molecule has 1 heterocycles. The summed E-state index contributed by atoms with van der Waals surface area (Å²) in [5.41, 5.74) is 2.47. The molecule has 2 aromatic carbocycles. The Labute approximate surface area is 132 Å². The topological polar surface area (TPSA) is 67.4 Å². The lowest BCUT2D eigenvalue weighted by atomic mass is 10.1. The van der Waals surface area contributed by atoms with Crippen LogP contribution in [-0.2, 0) is 4.79 Å². The number of carbonyl (C=O) groups is 2. The highest BCUT2D eigenvalue weighted by Gasteiger charge is 2.21. The molecule has 0 aromatic heterocycles. The molecule has 6 heteroatoms. The maximum absolute atomic E-state index is 12.3. The average molecular weight is 317 g/mol. The molecule has 2 aromatic rings. The van der Waals surface area contributed by atoms with E-state index >= 15 is 0 Å². The van der Waals surface area contributed by atoms with Gasteiger partial charge in [-0.05, 0) is 48.9 Å². The molecule has 1 aliphatic heterocycles. The van der Waals surface area contributed by atoms with Gasteiger partial charge in [-0.2, -0.15) is 0 Å². The number of anilines is 2. The summed E-state index contributed by atoms with van der Waals surface area (Å²) < 4.78 is 5.43. The Morgan fingerprint density at radius 2 is 2.00 bits per heavy atom. The Morgan fingerprint density at radius 3 is 2.73 bits per heavy atom. The van der Waals surface area contributed by atoms with Gasteiger partial charge in [0.15, 0.2) is 12.4 Å². The van der Waals surface area contributed by atoms with Crippen LogP contribution < -0.4 is 15.4 Å². The maximum Gasteiger partial charge on any atom is 0.262 e. The molecular formula is C16H13ClN2O3. The van der Waals surface area contributed by atoms with Crippen LogP contribution in [-0.4, -0.2) is 18.4 Å². The van der Waals surface area contributed by atoms with Crippen molar-refractivity contribution in [2.75, 3.05) is 17.2 Å². The molecule has 0 saturated carbocycles. The Hall–Kier alpha value is -2.53. The van der Waals surface area contributed by atoms with Crippen LogP contribution in [0.15, 0.2) is 36.4 Å². The molecule has 0 fully saturated rings. The van der Waals surface area contributed by atoms with E-state index in [1.165, 1.54) is 0 Å². The number of amides is 2. The Kier molecular flexibility index (Phi) is 3.73. The molecule has 0 saturated heterocycles. The summed E-state index contributed by atoms with van der Waals surface area (Å²) in [4.78, 5) is 23.7. The molecule has 0 bridgehead atoms. The number of fused-ring (bicyclic) bond motifs is 1. The standard InChI is InChI=1S/C16H13ClN2O3/c1-9-6-12-15(22-8-14(20)18-12)13(7-9)19-16(21)10-2-4-11(17)5-3-10/h2-7H,8H2,1H3,(H,18,20)(H,19,21). The lowest BCUT2D eigenvalue weighted by molar-refractivity contribution is -0.118. The molecular weight excluding hydrogens is 304 g/mol. The van der Waals surface area contributed by atoms with Crippen molar-refractivity contribution in [3.63, 3.8) is 0 Å². The van der Waals surface area contributed by atoms with Gasteiger partial charge in [-0.1, -0.05) is 11.6 Å². The van der Waals surface area contributed by atoms with E-state index < -0.39 is 0 Å². The zero-order valence-electron chi connectivity index (χ0n) is 11.8. The van der Waals surface area contributed by atoms with Crippen molar-refractivity contribution in [1.82, 2.24) is 0 Å². The number of aryl methyl sites for hydroxylation is 1. The smallest absolute Gasteiger partial charge is 0.262 e. The van der Waals surface area contributed by atoms with E-state index in [0.717, 1.165) is 5.56 Å². The van der Waals surface area contributed by atoms with Crippen LogP contribution in [0.25, 0.3) is 0 Å². The van der Waals surface area contributed by atoms with Gasteiger partial charge in [-0.3, -0.25) is 9.59 Å². The van der Waals surface area contributed by atoms with E-state index in [4.69, 9.17) is 16.3 Å². The fourth-order valence-electron chi connectivity index (χ4n) is 2.23. The average Bonchev–Trinajstić information content (AvgIpc) is 2.47. The predicted octanol–water partition coefficient (Wildman–Crippen LogP) is 3.23. The summed E-state index contributed by atoms with van der Waals surface area (Å²) in [6.07, 6.45) is 0. The van der Waals surface area contributed by atoms with E-state index in [1.807, 2.05) is 6.92 Å². The predicted molar refractivity (Wildman–Crippen MR) is 84.7 cm³/mol. The van der Waals surface area contributed by atoms with E-state index in [2.05, 4.69) is 10.6 Å². The van der Waals surface area contributed by atoms with Gasteiger partial charge in [0.25, 0.3) is 11.8 Å².